The van der Waals surface area contributed by atoms with Gasteiger partial charge in [0.2, 0.25) is 0 Å². The normalized spacial score (nSPS) is 13.1. The standard InChI is InChI=1S/C24H25N3O5S2/c1-32-20-10-6-17(7-11-20)12-13-25-23(28)24(29)26-19-9-8-18-4-2-14-27(21(18)16-19)34(30,31)22-5-3-15-33-22/h3,5-11,15-16H,2,4,12-14H2,1H3,(H,25,28)(H,26,29). The first-order chi connectivity index (χ1) is 16.4. The van der Waals surface area contributed by atoms with E-state index in [9.17, 15) is 18.0 Å². The molecule has 34 heavy (non-hydrogen) atoms. The second kappa shape index (κ2) is 10.3. The monoisotopic (exact) mass is 499 g/mol. The molecule has 2 aromatic carbocycles. The van der Waals surface area contributed by atoms with Crippen LogP contribution < -0.4 is 19.7 Å². The minimum atomic E-state index is -3.68. The van der Waals surface area contributed by atoms with Crippen molar-refractivity contribution in [3.63, 3.8) is 0 Å². The SMILES string of the molecule is COc1ccc(CCNC(=O)C(=O)Nc2ccc3c(c2)N(S(=O)(=O)c2cccs2)CCC3)cc1. The fraction of sp³-hybridized carbons (Fsp3) is 0.250. The molecule has 2 heterocycles. The molecule has 0 atom stereocenters. The number of thiophene rings is 1. The van der Waals surface area contributed by atoms with Gasteiger partial charge in [-0.15, -0.1) is 11.3 Å². The molecular formula is C24H25N3O5S2. The van der Waals surface area contributed by atoms with Crippen molar-refractivity contribution in [3.05, 3.63) is 71.1 Å². The third kappa shape index (κ3) is 5.23. The Labute approximate surface area is 202 Å². The average molecular weight is 500 g/mol. The molecule has 0 fully saturated rings. The van der Waals surface area contributed by atoms with Crippen molar-refractivity contribution in [2.24, 2.45) is 0 Å². The number of fused-ring (bicyclic) bond motifs is 1. The number of anilines is 2. The van der Waals surface area contributed by atoms with E-state index in [1.165, 1.54) is 15.6 Å². The van der Waals surface area contributed by atoms with Gasteiger partial charge in [0.15, 0.2) is 0 Å². The van der Waals surface area contributed by atoms with E-state index in [4.69, 9.17) is 4.74 Å². The van der Waals surface area contributed by atoms with E-state index in [0.29, 0.717) is 37.3 Å². The van der Waals surface area contributed by atoms with E-state index >= 15 is 0 Å². The van der Waals surface area contributed by atoms with Gasteiger partial charge in [-0.25, -0.2) is 8.42 Å². The number of aryl methyl sites for hydroxylation is 1. The Kier molecular flexibility index (Phi) is 7.18. The maximum atomic E-state index is 13.1. The molecule has 0 radical (unpaired) electrons. The summed E-state index contributed by atoms with van der Waals surface area (Å²) in [5.41, 5.74) is 2.77. The Morgan fingerprint density at radius 1 is 1.09 bits per heavy atom. The van der Waals surface area contributed by atoms with Crippen LogP contribution in [0, 0.1) is 0 Å². The second-order valence-electron chi connectivity index (χ2n) is 7.76. The summed E-state index contributed by atoms with van der Waals surface area (Å²) >= 11 is 1.17. The minimum absolute atomic E-state index is 0.269. The van der Waals surface area contributed by atoms with E-state index < -0.39 is 21.8 Å². The van der Waals surface area contributed by atoms with Crippen LogP contribution in [0.25, 0.3) is 0 Å². The summed E-state index contributed by atoms with van der Waals surface area (Å²) in [4.78, 5) is 24.7. The molecule has 1 aromatic heterocycles. The van der Waals surface area contributed by atoms with Crippen LogP contribution in [0.5, 0.6) is 5.75 Å². The fourth-order valence-electron chi connectivity index (χ4n) is 3.77. The van der Waals surface area contributed by atoms with Crippen LogP contribution >= 0.6 is 11.3 Å². The fourth-order valence-corrected chi connectivity index (χ4v) is 6.41. The number of hydrogen-bond donors (Lipinski definition) is 2. The van der Waals surface area contributed by atoms with Gasteiger partial charge < -0.3 is 15.4 Å². The molecule has 3 aromatic rings. The zero-order valence-electron chi connectivity index (χ0n) is 18.6. The molecule has 4 rings (SSSR count). The topological polar surface area (TPSA) is 105 Å². The number of hydrogen-bond acceptors (Lipinski definition) is 6. The van der Waals surface area contributed by atoms with E-state index in [0.717, 1.165) is 23.3 Å². The Morgan fingerprint density at radius 2 is 1.88 bits per heavy atom. The highest BCUT2D eigenvalue weighted by atomic mass is 32.2. The van der Waals surface area contributed by atoms with Crippen LogP contribution in [0.2, 0.25) is 0 Å². The largest absolute Gasteiger partial charge is 0.497 e. The molecule has 0 saturated carbocycles. The van der Waals surface area contributed by atoms with E-state index in [2.05, 4.69) is 10.6 Å². The van der Waals surface area contributed by atoms with Gasteiger partial charge in [0, 0.05) is 18.8 Å². The molecular weight excluding hydrogens is 474 g/mol. The summed E-state index contributed by atoms with van der Waals surface area (Å²) in [5.74, 6) is -0.814. The lowest BCUT2D eigenvalue weighted by Gasteiger charge is -2.30. The number of rotatable bonds is 7. The van der Waals surface area contributed by atoms with Gasteiger partial charge in [0.1, 0.15) is 9.96 Å². The Hall–Kier alpha value is -3.37. The molecule has 0 unspecified atom stereocenters. The maximum Gasteiger partial charge on any atom is 0.313 e. The highest BCUT2D eigenvalue weighted by Crippen LogP contribution is 2.35. The van der Waals surface area contributed by atoms with Gasteiger partial charge in [-0.1, -0.05) is 24.3 Å². The molecule has 0 saturated heterocycles. The molecule has 0 spiro atoms. The number of nitrogens with zero attached hydrogens (tertiary/aromatic N) is 1. The first-order valence-corrected chi connectivity index (χ1v) is 13.1. The molecule has 0 aliphatic carbocycles. The molecule has 10 heteroatoms. The first-order valence-electron chi connectivity index (χ1n) is 10.8. The summed E-state index contributed by atoms with van der Waals surface area (Å²) in [6, 6.07) is 15.8. The summed E-state index contributed by atoms with van der Waals surface area (Å²) in [6.07, 6.45) is 2.02. The molecule has 0 bridgehead atoms. The molecule has 2 amide bonds. The van der Waals surface area contributed by atoms with Gasteiger partial charge >= 0.3 is 11.8 Å². The highest BCUT2D eigenvalue weighted by Gasteiger charge is 2.30. The molecule has 178 valence electrons. The second-order valence-corrected chi connectivity index (χ2v) is 10.8. The summed E-state index contributed by atoms with van der Waals surface area (Å²) in [5, 5.41) is 6.91. The van der Waals surface area contributed by atoms with Crippen molar-refractivity contribution in [1.82, 2.24) is 5.32 Å². The van der Waals surface area contributed by atoms with Crippen LogP contribution in [-0.4, -0.2) is 40.4 Å². The van der Waals surface area contributed by atoms with Crippen molar-refractivity contribution in [2.45, 2.75) is 23.5 Å². The average Bonchev–Trinajstić information content (AvgIpc) is 3.40. The number of methoxy groups -OCH3 is 1. The Morgan fingerprint density at radius 3 is 2.59 bits per heavy atom. The summed E-state index contributed by atoms with van der Waals surface area (Å²) < 4.78 is 33.0. The lowest BCUT2D eigenvalue weighted by atomic mass is 10.0. The zero-order valence-corrected chi connectivity index (χ0v) is 20.2. The minimum Gasteiger partial charge on any atom is -0.497 e. The van der Waals surface area contributed by atoms with E-state index in [-0.39, 0.29) is 4.21 Å². The zero-order chi connectivity index (χ0) is 24.1. The van der Waals surface area contributed by atoms with Crippen LogP contribution in [-0.2, 0) is 32.5 Å². The van der Waals surface area contributed by atoms with Crippen molar-refractivity contribution >= 4 is 44.5 Å². The van der Waals surface area contributed by atoms with E-state index in [1.54, 1.807) is 42.8 Å². The third-order valence-electron chi connectivity index (χ3n) is 5.52. The number of benzene rings is 2. The van der Waals surface area contributed by atoms with E-state index in [1.807, 2.05) is 24.3 Å². The van der Waals surface area contributed by atoms with Crippen molar-refractivity contribution in [2.75, 3.05) is 29.8 Å². The first kappa shape index (κ1) is 23.8. The van der Waals surface area contributed by atoms with Crippen LogP contribution in [0.1, 0.15) is 17.5 Å². The molecule has 1 aliphatic rings. The third-order valence-corrected chi connectivity index (χ3v) is 8.71. The van der Waals surface area contributed by atoms with Crippen LogP contribution in [0.15, 0.2) is 64.2 Å². The Balaban J connectivity index is 1.40. The molecule has 8 nitrogen and oxygen atoms in total. The lowest BCUT2D eigenvalue weighted by molar-refractivity contribution is -0.136. The number of sulfonamides is 1. The van der Waals surface area contributed by atoms with Crippen LogP contribution in [0.3, 0.4) is 0 Å². The van der Waals surface area contributed by atoms with Gasteiger partial charge in [0.25, 0.3) is 10.0 Å². The summed E-state index contributed by atoms with van der Waals surface area (Å²) in [6.45, 7) is 0.659. The highest BCUT2D eigenvalue weighted by molar-refractivity contribution is 7.94. The maximum absolute atomic E-state index is 13.1. The predicted molar refractivity (Wildman–Crippen MR) is 132 cm³/mol. The number of carbonyl (C=O) groups is 2. The molecule has 1 aliphatic heterocycles. The number of nitrogens with one attached hydrogen (secondary N) is 2. The number of amides is 2. The van der Waals surface area contributed by atoms with Crippen LogP contribution in [0.4, 0.5) is 11.4 Å². The van der Waals surface area contributed by atoms with Crippen molar-refractivity contribution in [3.8, 4) is 5.75 Å². The number of ether oxygens (including phenoxy) is 1. The van der Waals surface area contributed by atoms with Crippen molar-refractivity contribution in [1.29, 1.82) is 0 Å². The smallest absolute Gasteiger partial charge is 0.313 e. The lowest BCUT2D eigenvalue weighted by Crippen LogP contribution is -2.37. The van der Waals surface area contributed by atoms with Gasteiger partial charge in [-0.2, -0.15) is 0 Å². The van der Waals surface area contributed by atoms with Gasteiger partial charge in [-0.3, -0.25) is 13.9 Å². The molecule has 2 N–H and O–H groups in total. The number of carbonyl (C=O) groups excluding carboxylic acids is 2. The Bertz CT molecular complexity index is 1270. The van der Waals surface area contributed by atoms with Crippen molar-refractivity contribution < 1.29 is 22.7 Å². The summed E-state index contributed by atoms with van der Waals surface area (Å²) in [7, 11) is -2.09. The van der Waals surface area contributed by atoms with Gasteiger partial charge in [-0.05, 0) is 66.1 Å². The predicted octanol–water partition coefficient (Wildman–Crippen LogP) is 3.20. The quantitative estimate of drug-likeness (QED) is 0.486. The van der Waals surface area contributed by atoms with Gasteiger partial charge in [0.05, 0.1) is 12.8 Å².